The van der Waals surface area contributed by atoms with E-state index in [1.54, 1.807) is 7.11 Å². The Morgan fingerprint density at radius 3 is 2.89 bits per heavy atom. The SMILES string of the molecule is CCCn1cc[n+](Cc2cccc(OC)c2)c1C. The van der Waals surface area contributed by atoms with Gasteiger partial charge in [-0.05, 0) is 24.1 Å². The predicted octanol–water partition coefficient (Wildman–Crippen LogP) is 2.55. The lowest BCUT2D eigenvalue weighted by atomic mass is 10.2. The molecule has 0 atom stereocenters. The van der Waals surface area contributed by atoms with E-state index in [0.29, 0.717) is 0 Å². The van der Waals surface area contributed by atoms with E-state index in [-0.39, 0.29) is 0 Å². The molecule has 0 N–H and O–H groups in total. The molecule has 0 amide bonds. The van der Waals surface area contributed by atoms with E-state index in [0.717, 1.165) is 25.3 Å². The van der Waals surface area contributed by atoms with Crippen LogP contribution in [0.2, 0.25) is 0 Å². The number of nitrogens with zero attached hydrogens (tertiary/aromatic N) is 2. The number of ether oxygens (including phenoxy) is 1. The van der Waals surface area contributed by atoms with Crippen LogP contribution < -0.4 is 9.30 Å². The summed E-state index contributed by atoms with van der Waals surface area (Å²) in [6.07, 6.45) is 5.46. The van der Waals surface area contributed by atoms with Crippen molar-refractivity contribution in [3.8, 4) is 5.75 Å². The summed E-state index contributed by atoms with van der Waals surface area (Å²) in [5.41, 5.74) is 1.26. The van der Waals surface area contributed by atoms with Gasteiger partial charge in [0.1, 0.15) is 24.7 Å². The van der Waals surface area contributed by atoms with Crippen LogP contribution >= 0.6 is 0 Å². The van der Waals surface area contributed by atoms with Crippen LogP contribution in [0, 0.1) is 6.92 Å². The summed E-state index contributed by atoms with van der Waals surface area (Å²) >= 11 is 0. The fraction of sp³-hybridized carbons (Fsp3) is 0.400. The smallest absolute Gasteiger partial charge is 0.253 e. The topological polar surface area (TPSA) is 18.0 Å². The van der Waals surface area contributed by atoms with Gasteiger partial charge in [-0.25, -0.2) is 9.13 Å². The van der Waals surface area contributed by atoms with Crippen LogP contribution in [-0.2, 0) is 13.1 Å². The van der Waals surface area contributed by atoms with Gasteiger partial charge in [0.15, 0.2) is 0 Å². The number of methoxy groups -OCH3 is 1. The maximum Gasteiger partial charge on any atom is 0.253 e. The Morgan fingerprint density at radius 1 is 1.33 bits per heavy atom. The first-order valence-electron chi connectivity index (χ1n) is 6.42. The summed E-state index contributed by atoms with van der Waals surface area (Å²) in [6.45, 7) is 6.33. The lowest BCUT2D eigenvalue weighted by Crippen LogP contribution is -2.36. The lowest BCUT2D eigenvalue weighted by Gasteiger charge is -2.04. The molecule has 0 aliphatic carbocycles. The van der Waals surface area contributed by atoms with Crippen LogP contribution in [0.15, 0.2) is 36.7 Å². The molecule has 3 nitrogen and oxygen atoms in total. The molecular weight excluding hydrogens is 224 g/mol. The quantitative estimate of drug-likeness (QED) is 0.740. The predicted molar refractivity (Wildman–Crippen MR) is 71.8 cm³/mol. The molecule has 0 radical (unpaired) electrons. The van der Waals surface area contributed by atoms with Gasteiger partial charge in [-0.2, -0.15) is 0 Å². The van der Waals surface area contributed by atoms with Crippen molar-refractivity contribution in [3.63, 3.8) is 0 Å². The molecule has 0 aliphatic heterocycles. The van der Waals surface area contributed by atoms with E-state index in [1.165, 1.54) is 11.4 Å². The number of imidazole rings is 1. The second kappa shape index (κ2) is 5.71. The van der Waals surface area contributed by atoms with Crippen LogP contribution in [-0.4, -0.2) is 11.7 Å². The number of aryl methyl sites for hydroxylation is 1. The molecule has 0 spiro atoms. The van der Waals surface area contributed by atoms with Crippen molar-refractivity contribution in [1.29, 1.82) is 0 Å². The van der Waals surface area contributed by atoms with E-state index >= 15 is 0 Å². The zero-order valence-corrected chi connectivity index (χ0v) is 11.4. The Kier molecular flexibility index (Phi) is 4.03. The summed E-state index contributed by atoms with van der Waals surface area (Å²) in [5, 5.41) is 0. The third-order valence-corrected chi connectivity index (χ3v) is 3.21. The number of aromatic nitrogens is 2. The normalized spacial score (nSPS) is 10.6. The second-order valence-corrected chi connectivity index (χ2v) is 4.52. The lowest BCUT2D eigenvalue weighted by molar-refractivity contribution is -0.694. The third kappa shape index (κ3) is 2.73. The van der Waals surface area contributed by atoms with Gasteiger partial charge in [-0.1, -0.05) is 19.1 Å². The molecule has 1 aromatic heterocycles. The molecule has 0 bridgehead atoms. The van der Waals surface area contributed by atoms with Crippen LogP contribution in [0.4, 0.5) is 0 Å². The maximum atomic E-state index is 5.25. The number of rotatable bonds is 5. The van der Waals surface area contributed by atoms with Gasteiger partial charge in [0, 0.05) is 6.92 Å². The molecule has 96 valence electrons. The standard InChI is InChI=1S/C15H21N2O/c1-4-8-16-9-10-17(13(16)2)12-14-6-5-7-15(11-14)18-3/h5-7,9-11H,4,8,12H2,1-3H3/q+1. The third-order valence-electron chi connectivity index (χ3n) is 3.21. The highest BCUT2D eigenvalue weighted by Crippen LogP contribution is 2.12. The van der Waals surface area contributed by atoms with E-state index < -0.39 is 0 Å². The van der Waals surface area contributed by atoms with Crippen LogP contribution in [0.3, 0.4) is 0 Å². The van der Waals surface area contributed by atoms with Gasteiger partial charge in [-0.15, -0.1) is 0 Å². The summed E-state index contributed by atoms with van der Waals surface area (Å²) < 4.78 is 9.81. The average molecular weight is 245 g/mol. The average Bonchev–Trinajstić information content (AvgIpc) is 2.72. The van der Waals surface area contributed by atoms with Crippen LogP contribution in [0.25, 0.3) is 0 Å². The van der Waals surface area contributed by atoms with Crippen molar-refractivity contribution >= 4 is 0 Å². The van der Waals surface area contributed by atoms with Crippen molar-refractivity contribution in [2.24, 2.45) is 0 Å². The summed E-state index contributed by atoms with van der Waals surface area (Å²) in [7, 11) is 1.70. The first kappa shape index (κ1) is 12.7. The van der Waals surface area contributed by atoms with Crippen molar-refractivity contribution in [1.82, 2.24) is 4.57 Å². The van der Waals surface area contributed by atoms with Gasteiger partial charge in [0.2, 0.25) is 0 Å². The van der Waals surface area contributed by atoms with E-state index in [4.69, 9.17) is 4.74 Å². The minimum absolute atomic E-state index is 0.889. The number of hydrogen-bond acceptors (Lipinski definition) is 1. The summed E-state index contributed by atoms with van der Waals surface area (Å²) in [4.78, 5) is 0. The van der Waals surface area contributed by atoms with E-state index in [9.17, 15) is 0 Å². The number of hydrogen-bond donors (Lipinski definition) is 0. The minimum atomic E-state index is 0.889. The molecule has 3 heteroatoms. The van der Waals surface area contributed by atoms with Crippen molar-refractivity contribution in [3.05, 3.63) is 48.0 Å². The van der Waals surface area contributed by atoms with E-state index in [1.807, 2.05) is 12.1 Å². The van der Waals surface area contributed by atoms with Gasteiger partial charge in [0.25, 0.3) is 5.82 Å². The fourth-order valence-electron chi connectivity index (χ4n) is 2.15. The molecule has 2 aromatic rings. The molecule has 1 aromatic carbocycles. The molecular formula is C15H21N2O+. The zero-order valence-electron chi connectivity index (χ0n) is 11.4. The molecule has 18 heavy (non-hydrogen) atoms. The molecule has 0 unspecified atom stereocenters. The zero-order chi connectivity index (χ0) is 13.0. The Morgan fingerprint density at radius 2 is 2.17 bits per heavy atom. The molecule has 2 rings (SSSR count). The van der Waals surface area contributed by atoms with Crippen molar-refractivity contribution in [2.75, 3.05) is 7.11 Å². The van der Waals surface area contributed by atoms with Gasteiger partial charge in [0.05, 0.1) is 13.7 Å². The molecule has 0 fully saturated rings. The highest BCUT2D eigenvalue weighted by molar-refractivity contribution is 5.27. The minimum Gasteiger partial charge on any atom is -0.497 e. The molecule has 0 saturated heterocycles. The summed E-state index contributed by atoms with van der Waals surface area (Å²) in [5.74, 6) is 2.21. The largest absolute Gasteiger partial charge is 0.497 e. The molecule has 0 saturated carbocycles. The fourth-order valence-corrected chi connectivity index (χ4v) is 2.15. The Balaban J connectivity index is 2.17. The van der Waals surface area contributed by atoms with Gasteiger partial charge < -0.3 is 4.74 Å². The summed E-state index contributed by atoms with van der Waals surface area (Å²) in [6, 6.07) is 8.23. The Labute approximate surface area is 109 Å². The van der Waals surface area contributed by atoms with E-state index in [2.05, 4.69) is 47.5 Å². The number of benzene rings is 1. The van der Waals surface area contributed by atoms with Crippen molar-refractivity contribution < 1.29 is 9.30 Å². The van der Waals surface area contributed by atoms with Gasteiger partial charge in [-0.3, -0.25) is 0 Å². The Hall–Kier alpha value is -1.77. The molecule has 1 heterocycles. The highest BCUT2D eigenvalue weighted by atomic mass is 16.5. The first-order chi connectivity index (χ1) is 8.74. The van der Waals surface area contributed by atoms with Crippen molar-refractivity contribution in [2.45, 2.75) is 33.4 Å². The second-order valence-electron chi connectivity index (χ2n) is 4.52. The van der Waals surface area contributed by atoms with Crippen LogP contribution in [0.1, 0.15) is 24.7 Å². The molecule has 0 aliphatic rings. The Bertz CT molecular complexity index is 517. The van der Waals surface area contributed by atoms with Crippen LogP contribution in [0.5, 0.6) is 5.75 Å². The monoisotopic (exact) mass is 245 g/mol. The van der Waals surface area contributed by atoms with Gasteiger partial charge >= 0.3 is 0 Å². The maximum absolute atomic E-state index is 5.25. The first-order valence-corrected chi connectivity index (χ1v) is 6.42. The highest BCUT2D eigenvalue weighted by Gasteiger charge is 2.11.